The van der Waals surface area contributed by atoms with Gasteiger partial charge in [0.25, 0.3) is 10.1 Å². The van der Waals surface area contributed by atoms with Crippen LogP contribution in [0.4, 0.5) is 4.39 Å². The third-order valence-corrected chi connectivity index (χ3v) is 13.4. The zero-order valence-corrected chi connectivity index (χ0v) is 43.5. The van der Waals surface area contributed by atoms with Crippen LogP contribution in [0, 0.1) is 24.1 Å². The average Bonchev–Trinajstić information content (AvgIpc) is 3.32. The van der Waals surface area contributed by atoms with Gasteiger partial charge in [-0.05, 0) is 44.0 Å². The van der Waals surface area contributed by atoms with Crippen LogP contribution in [-0.4, -0.2) is 70.5 Å². The standard InChI is InChI=1S/C28H46FNO3.C28H50O5S/c1-2-3-4-5-6-7-8-9-10-11-12-13-14-15-16-17-18-32-23-27(31)24-33-28-20-25(22-30)19-26(29)21-28;1-3-4-5-6-7-8-9-10-11-12-13-14-15-16-17-18-23-32-24-27(29)25-33-34(30,31)28-21-19-26(2)20-22-28/h19-21,27,31H,2-18,23-24H2,1H3;19-22,27,29H,3-18,23-25H2,1-2H3/t2*27-/m11/s1. The highest BCUT2D eigenvalue weighted by molar-refractivity contribution is 7.86. The Balaban J connectivity index is 0.000000670. The molecule has 0 bridgehead atoms. The topological polar surface area (TPSA) is 135 Å². The molecule has 0 spiro atoms. The Labute approximate surface area is 409 Å². The molecule has 0 amide bonds. The fourth-order valence-corrected chi connectivity index (χ4v) is 8.83. The minimum atomic E-state index is -3.85. The first kappa shape index (κ1) is 62.4. The number of nitrogens with zero attached hydrogens (tertiary/aromatic N) is 1. The predicted molar refractivity (Wildman–Crippen MR) is 274 cm³/mol. The van der Waals surface area contributed by atoms with Crippen LogP contribution < -0.4 is 4.74 Å². The van der Waals surface area contributed by atoms with E-state index in [1.54, 1.807) is 12.1 Å². The quantitative estimate of drug-likeness (QED) is 0.0491. The van der Waals surface area contributed by atoms with Crippen molar-refractivity contribution in [1.29, 1.82) is 5.26 Å². The van der Waals surface area contributed by atoms with Gasteiger partial charge in [0.15, 0.2) is 0 Å². The predicted octanol–water partition coefficient (Wildman–Crippen LogP) is 15.1. The SMILES string of the molecule is CCCCCCCCCCCCCCCCCCOC[C@@H](O)COS(=O)(=O)c1ccc(C)cc1.CCCCCCCCCCCCCCCCCCOC[C@@H](O)COc1cc(F)cc(C#N)c1. The van der Waals surface area contributed by atoms with E-state index >= 15 is 0 Å². The maximum atomic E-state index is 13.4. The van der Waals surface area contributed by atoms with Crippen LogP contribution in [0.2, 0.25) is 0 Å². The zero-order valence-electron chi connectivity index (χ0n) is 42.6. The van der Waals surface area contributed by atoms with Gasteiger partial charge >= 0.3 is 0 Å². The van der Waals surface area contributed by atoms with Crippen LogP contribution in [0.5, 0.6) is 5.75 Å². The fraction of sp³-hybridized carbons (Fsp3) is 0.768. The number of benzene rings is 2. The molecule has 0 saturated heterocycles. The number of aryl methyl sites for hydroxylation is 1. The second kappa shape index (κ2) is 44.6. The number of unbranched alkanes of at least 4 members (excludes halogenated alkanes) is 30. The summed E-state index contributed by atoms with van der Waals surface area (Å²) in [5.41, 5.74) is 1.17. The van der Waals surface area contributed by atoms with Gasteiger partial charge in [0, 0.05) is 19.3 Å². The molecule has 67 heavy (non-hydrogen) atoms. The smallest absolute Gasteiger partial charge is 0.297 e. The molecule has 0 aliphatic heterocycles. The van der Waals surface area contributed by atoms with Crippen LogP contribution in [0.25, 0.3) is 0 Å². The normalized spacial score (nSPS) is 12.4. The third kappa shape index (κ3) is 38.9. The molecule has 0 saturated carbocycles. The van der Waals surface area contributed by atoms with Gasteiger partial charge in [0.2, 0.25) is 0 Å². The summed E-state index contributed by atoms with van der Waals surface area (Å²) in [5, 5.41) is 28.7. The summed E-state index contributed by atoms with van der Waals surface area (Å²) in [6.07, 6.45) is 41.0. The van der Waals surface area contributed by atoms with Gasteiger partial charge < -0.3 is 24.4 Å². The Hall–Kier alpha value is -2.59. The number of nitriles is 1. The lowest BCUT2D eigenvalue weighted by molar-refractivity contribution is 0.0109. The Kier molecular flexibility index (Phi) is 41.6. The highest BCUT2D eigenvalue weighted by Gasteiger charge is 2.17. The molecular weight excluding hydrogens is 866 g/mol. The summed E-state index contributed by atoms with van der Waals surface area (Å²) in [4.78, 5) is 0.0967. The molecule has 0 heterocycles. The van der Waals surface area contributed by atoms with E-state index in [0.29, 0.717) is 13.2 Å². The van der Waals surface area contributed by atoms with Gasteiger partial charge in [-0.2, -0.15) is 13.7 Å². The fourth-order valence-electron chi connectivity index (χ4n) is 7.88. The lowest BCUT2D eigenvalue weighted by Gasteiger charge is -2.13. The number of aliphatic hydroxyl groups is 2. The van der Waals surface area contributed by atoms with Gasteiger partial charge in [-0.3, -0.25) is 4.18 Å². The lowest BCUT2D eigenvalue weighted by Crippen LogP contribution is -2.24. The Morgan fingerprint density at radius 2 is 0.881 bits per heavy atom. The van der Waals surface area contributed by atoms with Crippen molar-refractivity contribution in [3.05, 3.63) is 59.4 Å². The van der Waals surface area contributed by atoms with Gasteiger partial charge in [0.05, 0.1) is 36.3 Å². The maximum absolute atomic E-state index is 13.4. The molecule has 0 aromatic heterocycles. The van der Waals surface area contributed by atoms with E-state index in [1.165, 1.54) is 204 Å². The van der Waals surface area contributed by atoms with Crippen molar-refractivity contribution < 1.29 is 41.4 Å². The van der Waals surface area contributed by atoms with Crippen molar-refractivity contribution in [1.82, 2.24) is 0 Å². The zero-order chi connectivity index (χ0) is 48.9. The number of hydrogen-bond acceptors (Lipinski definition) is 9. The van der Waals surface area contributed by atoms with Crippen LogP contribution in [0.3, 0.4) is 0 Å². The second-order valence-corrected chi connectivity index (χ2v) is 20.3. The summed E-state index contributed by atoms with van der Waals surface area (Å²) >= 11 is 0. The molecule has 11 heteroatoms. The van der Waals surface area contributed by atoms with Crippen LogP contribution in [0.1, 0.15) is 230 Å². The molecule has 386 valence electrons. The molecule has 0 aliphatic rings. The maximum Gasteiger partial charge on any atom is 0.297 e. The molecule has 2 atom stereocenters. The van der Waals surface area contributed by atoms with E-state index in [4.69, 9.17) is 23.7 Å². The minimum absolute atomic E-state index is 0.00722. The molecular formula is C56H96FNO8S. The van der Waals surface area contributed by atoms with E-state index < -0.39 is 28.1 Å². The monoisotopic (exact) mass is 962 g/mol. The van der Waals surface area contributed by atoms with E-state index in [2.05, 4.69) is 13.8 Å². The molecule has 9 nitrogen and oxygen atoms in total. The first-order valence-electron chi connectivity index (χ1n) is 26.9. The summed E-state index contributed by atoms with van der Waals surface area (Å²) in [7, 11) is -3.85. The Bertz CT molecular complexity index is 1550. The molecule has 0 aliphatic carbocycles. The van der Waals surface area contributed by atoms with E-state index in [-0.39, 0.29) is 42.6 Å². The first-order chi connectivity index (χ1) is 32.6. The lowest BCUT2D eigenvalue weighted by atomic mass is 10.0. The molecule has 0 radical (unpaired) electrons. The minimum Gasteiger partial charge on any atom is -0.491 e. The summed E-state index contributed by atoms with van der Waals surface area (Å²) in [6.45, 7) is 7.64. The van der Waals surface area contributed by atoms with Crippen molar-refractivity contribution in [3.8, 4) is 11.8 Å². The van der Waals surface area contributed by atoms with E-state index in [0.717, 1.165) is 37.3 Å². The number of hydrogen-bond donors (Lipinski definition) is 2. The highest BCUT2D eigenvalue weighted by atomic mass is 32.2. The second-order valence-electron chi connectivity index (χ2n) is 18.7. The number of halogens is 1. The van der Waals surface area contributed by atoms with E-state index in [1.807, 2.05) is 13.0 Å². The van der Waals surface area contributed by atoms with Crippen molar-refractivity contribution in [2.24, 2.45) is 0 Å². The summed E-state index contributed by atoms with van der Waals surface area (Å²) in [5.74, 6) is -0.290. The van der Waals surface area contributed by atoms with Crippen LogP contribution >= 0.6 is 0 Å². The van der Waals surface area contributed by atoms with Gasteiger partial charge in [0.1, 0.15) is 30.4 Å². The summed E-state index contributed by atoms with van der Waals surface area (Å²) < 4.78 is 58.9. The molecule has 2 aromatic carbocycles. The summed E-state index contributed by atoms with van der Waals surface area (Å²) in [6, 6.07) is 12.1. The first-order valence-corrected chi connectivity index (χ1v) is 28.3. The van der Waals surface area contributed by atoms with Crippen molar-refractivity contribution >= 4 is 10.1 Å². The Morgan fingerprint density at radius 1 is 0.522 bits per heavy atom. The van der Waals surface area contributed by atoms with Crippen molar-refractivity contribution in [3.63, 3.8) is 0 Å². The largest absolute Gasteiger partial charge is 0.491 e. The third-order valence-electron chi connectivity index (χ3n) is 12.1. The highest BCUT2D eigenvalue weighted by Crippen LogP contribution is 2.18. The molecule has 2 N–H and O–H groups in total. The van der Waals surface area contributed by atoms with Gasteiger partial charge in [-0.1, -0.05) is 224 Å². The van der Waals surface area contributed by atoms with Crippen LogP contribution in [-0.2, 0) is 23.8 Å². The molecule has 2 aromatic rings. The number of ether oxygens (including phenoxy) is 3. The van der Waals surface area contributed by atoms with Crippen molar-refractivity contribution in [2.75, 3.05) is 39.6 Å². The number of aliphatic hydroxyl groups excluding tert-OH is 2. The number of rotatable bonds is 45. The molecule has 0 fully saturated rings. The average molecular weight is 962 g/mol. The molecule has 2 rings (SSSR count). The van der Waals surface area contributed by atoms with Gasteiger partial charge in [-0.15, -0.1) is 0 Å². The van der Waals surface area contributed by atoms with Crippen molar-refractivity contribution in [2.45, 2.75) is 243 Å². The molecule has 0 unspecified atom stereocenters. The van der Waals surface area contributed by atoms with Crippen LogP contribution in [0.15, 0.2) is 47.4 Å². The van der Waals surface area contributed by atoms with Gasteiger partial charge in [-0.25, -0.2) is 4.39 Å². The Morgan fingerprint density at radius 3 is 1.25 bits per heavy atom. The van der Waals surface area contributed by atoms with E-state index in [9.17, 15) is 23.0 Å².